The number of rotatable bonds is 4. The van der Waals surface area contributed by atoms with Crippen LogP contribution in [0.2, 0.25) is 0 Å². The first-order chi connectivity index (χ1) is 9.10. The summed E-state index contributed by atoms with van der Waals surface area (Å²) in [5, 5.41) is 10.3. The minimum atomic E-state index is -0.531. The first-order valence-electron chi connectivity index (χ1n) is 5.86. The number of aliphatic hydroxyl groups is 1. The largest absolute Gasteiger partial charge is 0.497 e. The van der Waals surface area contributed by atoms with Crippen molar-refractivity contribution in [2.45, 2.75) is 12.5 Å². The third-order valence-corrected chi connectivity index (χ3v) is 4.22. The maximum absolute atomic E-state index is 10.3. The van der Waals surface area contributed by atoms with E-state index in [4.69, 9.17) is 4.74 Å². The number of methoxy groups -OCH3 is 1. The number of aliphatic hydroxyl groups excluding tert-OH is 1. The molecule has 2 rings (SSSR count). The van der Waals surface area contributed by atoms with E-state index in [2.05, 4.69) is 31.9 Å². The van der Waals surface area contributed by atoms with E-state index < -0.39 is 6.10 Å². The van der Waals surface area contributed by atoms with Gasteiger partial charge in [0.15, 0.2) is 0 Å². The fourth-order valence-corrected chi connectivity index (χ4v) is 2.52. The molecular weight excluding hydrogens is 372 g/mol. The first kappa shape index (κ1) is 14.6. The van der Waals surface area contributed by atoms with Crippen molar-refractivity contribution in [1.29, 1.82) is 0 Å². The lowest BCUT2D eigenvalue weighted by molar-refractivity contribution is 0.178. The molecule has 0 aromatic heterocycles. The van der Waals surface area contributed by atoms with Gasteiger partial charge in [0.05, 0.1) is 13.2 Å². The Kier molecular flexibility index (Phi) is 5.02. The fraction of sp³-hybridized carbons (Fsp3) is 0.200. The summed E-state index contributed by atoms with van der Waals surface area (Å²) in [4.78, 5) is 0. The molecule has 0 saturated heterocycles. The number of halogens is 2. The molecule has 1 atom stereocenters. The highest BCUT2D eigenvalue weighted by Crippen LogP contribution is 2.27. The predicted octanol–water partition coefficient (Wildman–Crippen LogP) is 4.50. The average molecular weight is 386 g/mol. The monoisotopic (exact) mass is 384 g/mol. The summed E-state index contributed by atoms with van der Waals surface area (Å²) in [6.45, 7) is 0. The van der Waals surface area contributed by atoms with Crippen molar-refractivity contribution >= 4 is 31.9 Å². The number of hydrogen-bond donors (Lipinski definition) is 1. The lowest BCUT2D eigenvalue weighted by Crippen LogP contribution is -2.02. The summed E-state index contributed by atoms with van der Waals surface area (Å²) in [5.41, 5.74) is 1.92. The van der Waals surface area contributed by atoms with Crippen LogP contribution in [0.5, 0.6) is 5.75 Å². The molecule has 0 aliphatic carbocycles. The van der Waals surface area contributed by atoms with Crippen LogP contribution < -0.4 is 4.74 Å². The quantitative estimate of drug-likeness (QED) is 0.839. The highest BCUT2D eigenvalue weighted by atomic mass is 79.9. The van der Waals surface area contributed by atoms with Crippen molar-refractivity contribution in [1.82, 2.24) is 0 Å². The van der Waals surface area contributed by atoms with Gasteiger partial charge in [0.1, 0.15) is 5.75 Å². The van der Waals surface area contributed by atoms with Gasteiger partial charge in [-0.1, -0.05) is 44.0 Å². The van der Waals surface area contributed by atoms with E-state index in [1.54, 1.807) is 7.11 Å². The summed E-state index contributed by atoms with van der Waals surface area (Å²) < 4.78 is 7.19. The highest BCUT2D eigenvalue weighted by Gasteiger charge is 2.11. The van der Waals surface area contributed by atoms with Crippen LogP contribution in [0.25, 0.3) is 0 Å². The Morgan fingerprint density at radius 3 is 2.42 bits per heavy atom. The molecule has 100 valence electrons. The van der Waals surface area contributed by atoms with Gasteiger partial charge in [-0.2, -0.15) is 0 Å². The van der Waals surface area contributed by atoms with Gasteiger partial charge in [-0.05, 0) is 41.5 Å². The van der Waals surface area contributed by atoms with E-state index >= 15 is 0 Å². The summed E-state index contributed by atoms with van der Waals surface area (Å²) in [7, 11) is 1.64. The summed E-state index contributed by atoms with van der Waals surface area (Å²) >= 11 is 6.88. The second-order valence-corrected chi connectivity index (χ2v) is 6.00. The van der Waals surface area contributed by atoms with Gasteiger partial charge in [0.25, 0.3) is 0 Å². The molecule has 2 nitrogen and oxygen atoms in total. The smallest absolute Gasteiger partial charge is 0.119 e. The van der Waals surface area contributed by atoms with Crippen LogP contribution in [-0.2, 0) is 6.42 Å². The Morgan fingerprint density at radius 2 is 1.79 bits per heavy atom. The standard InChI is InChI=1S/C15H14Br2O2/c1-19-13-6-7-14(17)11(8-13)9-15(18)10-2-4-12(16)5-3-10/h2-8,15,18H,9H2,1H3. The summed E-state index contributed by atoms with van der Waals surface area (Å²) in [6, 6.07) is 13.5. The van der Waals surface area contributed by atoms with E-state index in [-0.39, 0.29) is 0 Å². The molecule has 0 spiro atoms. The molecule has 0 radical (unpaired) electrons. The molecule has 1 unspecified atom stereocenters. The van der Waals surface area contributed by atoms with E-state index in [1.807, 2.05) is 42.5 Å². The lowest BCUT2D eigenvalue weighted by atomic mass is 10.0. The van der Waals surface area contributed by atoms with Gasteiger partial charge in [0, 0.05) is 15.4 Å². The van der Waals surface area contributed by atoms with Crippen LogP contribution in [0, 0.1) is 0 Å². The molecule has 4 heteroatoms. The lowest BCUT2D eigenvalue weighted by Gasteiger charge is -2.13. The highest BCUT2D eigenvalue weighted by molar-refractivity contribution is 9.10. The van der Waals surface area contributed by atoms with Gasteiger partial charge in [0.2, 0.25) is 0 Å². The van der Waals surface area contributed by atoms with Crippen LogP contribution in [-0.4, -0.2) is 12.2 Å². The second-order valence-electron chi connectivity index (χ2n) is 4.23. The zero-order chi connectivity index (χ0) is 13.8. The Morgan fingerprint density at radius 1 is 1.11 bits per heavy atom. The van der Waals surface area contributed by atoms with Gasteiger partial charge in [-0.15, -0.1) is 0 Å². The van der Waals surface area contributed by atoms with Crippen LogP contribution in [0.4, 0.5) is 0 Å². The van der Waals surface area contributed by atoms with Crippen LogP contribution in [0.1, 0.15) is 17.2 Å². The average Bonchev–Trinajstić information content (AvgIpc) is 2.42. The SMILES string of the molecule is COc1ccc(Br)c(CC(O)c2ccc(Br)cc2)c1. The minimum Gasteiger partial charge on any atom is -0.497 e. The number of benzene rings is 2. The molecule has 0 aliphatic rings. The zero-order valence-corrected chi connectivity index (χ0v) is 13.6. The predicted molar refractivity (Wildman–Crippen MR) is 83.5 cm³/mol. The maximum atomic E-state index is 10.3. The molecule has 0 aliphatic heterocycles. The Balaban J connectivity index is 2.18. The van der Waals surface area contributed by atoms with Crippen molar-refractivity contribution in [2.75, 3.05) is 7.11 Å². The van der Waals surface area contributed by atoms with Crippen molar-refractivity contribution in [3.8, 4) is 5.75 Å². The van der Waals surface area contributed by atoms with Crippen LogP contribution >= 0.6 is 31.9 Å². The van der Waals surface area contributed by atoms with E-state index in [0.717, 1.165) is 25.8 Å². The second kappa shape index (κ2) is 6.55. The van der Waals surface area contributed by atoms with Gasteiger partial charge in [-0.3, -0.25) is 0 Å². The van der Waals surface area contributed by atoms with Gasteiger partial charge < -0.3 is 9.84 Å². The molecule has 0 saturated carbocycles. The summed E-state index contributed by atoms with van der Waals surface area (Å²) in [6.07, 6.45) is 0.0101. The van der Waals surface area contributed by atoms with E-state index in [0.29, 0.717) is 6.42 Å². The maximum Gasteiger partial charge on any atom is 0.119 e. The number of ether oxygens (including phenoxy) is 1. The minimum absolute atomic E-state index is 0.531. The molecule has 19 heavy (non-hydrogen) atoms. The molecule has 0 amide bonds. The zero-order valence-electron chi connectivity index (χ0n) is 10.4. The first-order valence-corrected chi connectivity index (χ1v) is 7.44. The van der Waals surface area contributed by atoms with Crippen molar-refractivity contribution in [2.24, 2.45) is 0 Å². The van der Waals surface area contributed by atoms with Gasteiger partial charge >= 0.3 is 0 Å². The van der Waals surface area contributed by atoms with Crippen molar-refractivity contribution < 1.29 is 9.84 Å². The summed E-state index contributed by atoms with van der Waals surface area (Å²) in [5.74, 6) is 0.793. The molecule has 2 aromatic rings. The third-order valence-electron chi connectivity index (χ3n) is 2.92. The number of hydrogen-bond acceptors (Lipinski definition) is 2. The molecular formula is C15H14Br2O2. The Labute approximate surface area is 129 Å². The Hall–Kier alpha value is -0.840. The van der Waals surface area contributed by atoms with Crippen molar-refractivity contribution in [3.63, 3.8) is 0 Å². The normalized spacial score (nSPS) is 12.2. The van der Waals surface area contributed by atoms with Crippen LogP contribution in [0.3, 0.4) is 0 Å². The molecule has 1 N–H and O–H groups in total. The third kappa shape index (κ3) is 3.81. The van der Waals surface area contributed by atoms with Crippen LogP contribution in [0.15, 0.2) is 51.4 Å². The fourth-order valence-electron chi connectivity index (χ4n) is 1.85. The molecule has 0 bridgehead atoms. The molecule has 0 heterocycles. The topological polar surface area (TPSA) is 29.5 Å². The van der Waals surface area contributed by atoms with E-state index in [9.17, 15) is 5.11 Å². The van der Waals surface area contributed by atoms with E-state index in [1.165, 1.54) is 0 Å². The Bertz CT molecular complexity index is 553. The van der Waals surface area contributed by atoms with Crippen molar-refractivity contribution in [3.05, 3.63) is 62.5 Å². The van der Waals surface area contributed by atoms with Gasteiger partial charge in [-0.25, -0.2) is 0 Å². The molecule has 2 aromatic carbocycles. The molecule has 0 fully saturated rings.